The molecule has 0 nitrogen and oxygen atoms in total. The van der Waals surface area contributed by atoms with Gasteiger partial charge < -0.3 is 0 Å². The van der Waals surface area contributed by atoms with Gasteiger partial charge in [-0.05, 0) is 70.5 Å². The summed E-state index contributed by atoms with van der Waals surface area (Å²) in [6.45, 7) is 4.53. The second-order valence-corrected chi connectivity index (χ2v) is 9.40. The fourth-order valence-electron chi connectivity index (χ4n) is 4.46. The largest absolute Gasteiger partial charge is 0.0651 e. The van der Waals surface area contributed by atoms with Crippen molar-refractivity contribution in [2.24, 2.45) is 0 Å². The first-order valence-corrected chi connectivity index (χ1v) is 12.7. The molecule has 0 spiro atoms. The molecular formula is C34H36. The topological polar surface area (TPSA) is 0 Å². The van der Waals surface area contributed by atoms with Crippen molar-refractivity contribution >= 4 is 12.2 Å². The van der Waals surface area contributed by atoms with E-state index in [0.717, 1.165) is 25.7 Å². The Bertz CT molecular complexity index is 1150. The molecule has 0 radical (unpaired) electrons. The summed E-state index contributed by atoms with van der Waals surface area (Å²) in [4.78, 5) is 0. The zero-order valence-corrected chi connectivity index (χ0v) is 20.6. The van der Waals surface area contributed by atoms with Gasteiger partial charge >= 0.3 is 0 Å². The van der Waals surface area contributed by atoms with Gasteiger partial charge in [-0.25, -0.2) is 0 Å². The van der Waals surface area contributed by atoms with Crippen molar-refractivity contribution in [2.75, 3.05) is 0 Å². The molecule has 4 rings (SSSR count). The zero-order valence-electron chi connectivity index (χ0n) is 20.6. The molecule has 0 heteroatoms. The van der Waals surface area contributed by atoms with Crippen molar-refractivity contribution < 1.29 is 0 Å². The normalized spacial score (nSPS) is 12.2. The minimum absolute atomic E-state index is 0.542. The average molecular weight is 445 g/mol. The van der Waals surface area contributed by atoms with E-state index in [9.17, 15) is 0 Å². The van der Waals surface area contributed by atoms with Gasteiger partial charge in [0.2, 0.25) is 0 Å². The van der Waals surface area contributed by atoms with Crippen LogP contribution in [0.15, 0.2) is 103 Å². The predicted molar refractivity (Wildman–Crippen MR) is 148 cm³/mol. The van der Waals surface area contributed by atoms with Crippen molar-refractivity contribution in [1.82, 2.24) is 0 Å². The van der Waals surface area contributed by atoms with E-state index in [4.69, 9.17) is 0 Å². The maximum Gasteiger partial charge on any atom is -0.0150 e. The smallest absolute Gasteiger partial charge is 0.0150 e. The Morgan fingerprint density at radius 3 is 1.47 bits per heavy atom. The number of aryl methyl sites for hydroxylation is 3. The summed E-state index contributed by atoms with van der Waals surface area (Å²) in [6.07, 6.45) is 9.99. The standard InChI is InChI=1S/C34H36/c1-3-7-28-10-12-29(13-11-28)14-15-30-16-18-31(19-17-30)20-21-32-22-24-33(25-23-32)26-27(2)34-8-5-4-6-9-34/h4-6,8-19,22-25,27H,3,7,20-21,26H2,1-2H3/t27-/m0/s1. The first-order chi connectivity index (χ1) is 16.7. The third-order valence-corrected chi connectivity index (χ3v) is 6.60. The molecule has 4 aromatic rings. The third-order valence-electron chi connectivity index (χ3n) is 6.60. The summed E-state index contributed by atoms with van der Waals surface area (Å²) in [5, 5.41) is 0. The number of hydrogen-bond donors (Lipinski definition) is 0. The Morgan fingerprint density at radius 2 is 0.971 bits per heavy atom. The van der Waals surface area contributed by atoms with Crippen molar-refractivity contribution in [3.63, 3.8) is 0 Å². The van der Waals surface area contributed by atoms with E-state index in [1.165, 1.54) is 45.4 Å². The average Bonchev–Trinajstić information content (AvgIpc) is 2.89. The van der Waals surface area contributed by atoms with Crippen LogP contribution in [0.4, 0.5) is 0 Å². The Balaban J connectivity index is 1.26. The third kappa shape index (κ3) is 7.06. The molecular weight excluding hydrogens is 408 g/mol. The maximum atomic E-state index is 2.31. The van der Waals surface area contributed by atoms with Gasteiger partial charge in [0.25, 0.3) is 0 Å². The summed E-state index contributed by atoms with van der Waals surface area (Å²) in [5.41, 5.74) is 9.55. The predicted octanol–water partition coefficient (Wildman–Crippen LogP) is 8.94. The molecule has 0 amide bonds. The fourth-order valence-corrected chi connectivity index (χ4v) is 4.46. The van der Waals surface area contributed by atoms with E-state index in [-0.39, 0.29) is 0 Å². The minimum Gasteiger partial charge on any atom is -0.0651 e. The highest BCUT2D eigenvalue weighted by Gasteiger charge is 2.06. The SMILES string of the molecule is CCCc1ccc(C=Cc2ccc(CCc3ccc(C[C@H](C)c4ccccc4)cc3)cc2)cc1. The molecule has 0 saturated carbocycles. The zero-order chi connectivity index (χ0) is 23.6. The fraction of sp³-hybridized carbons (Fsp3) is 0.235. The molecule has 172 valence electrons. The summed E-state index contributed by atoms with van der Waals surface area (Å²) in [6, 6.07) is 37.9. The van der Waals surface area contributed by atoms with Crippen LogP contribution in [0.25, 0.3) is 12.2 Å². The first kappa shape index (κ1) is 23.8. The van der Waals surface area contributed by atoms with Gasteiger partial charge in [0.05, 0.1) is 0 Å². The Kier molecular flexibility index (Phi) is 8.52. The van der Waals surface area contributed by atoms with Crippen LogP contribution in [0.2, 0.25) is 0 Å². The molecule has 34 heavy (non-hydrogen) atoms. The molecule has 0 aliphatic heterocycles. The van der Waals surface area contributed by atoms with E-state index >= 15 is 0 Å². The van der Waals surface area contributed by atoms with Gasteiger partial charge in [-0.2, -0.15) is 0 Å². The molecule has 4 aromatic carbocycles. The van der Waals surface area contributed by atoms with Gasteiger partial charge in [-0.1, -0.05) is 136 Å². The molecule has 0 saturated heterocycles. The molecule has 0 aliphatic carbocycles. The lowest BCUT2D eigenvalue weighted by Gasteiger charge is -2.12. The van der Waals surface area contributed by atoms with Crippen molar-refractivity contribution in [2.45, 2.75) is 51.9 Å². The minimum atomic E-state index is 0.542. The summed E-state index contributed by atoms with van der Waals surface area (Å²) in [7, 11) is 0. The second-order valence-electron chi connectivity index (χ2n) is 9.40. The van der Waals surface area contributed by atoms with Gasteiger partial charge in [0, 0.05) is 0 Å². The van der Waals surface area contributed by atoms with Crippen LogP contribution in [-0.2, 0) is 25.7 Å². The van der Waals surface area contributed by atoms with Gasteiger partial charge in [0.15, 0.2) is 0 Å². The summed E-state index contributed by atoms with van der Waals surface area (Å²) >= 11 is 0. The van der Waals surface area contributed by atoms with Crippen LogP contribution in [0.3, 0.4) is 0 Å². The van der Waals surface area contributed by atoms with Crippen LogP contribution in [0.5, 0.6) is 0 Å². The molecule has 1 atom stereocenters. The highest BCUT2D eigenvalue weighted by molar-refractivity contribution is 5.69. The van der Waals surface area contributed by atoms with Crippen LogP contribution >= 0.6 is 0 Å². The van der Waals surface area contributed by atoms with Crippen molar-refractivity contribution in [3.8, 4) is 0 Å². The van der Waals surface area contributed by atoms with E-state index in [1.54, 1.807) is 0 Å². The summed E-state index contributed by atoms with van der Waals surface area (Å²) < 4.78 is 0. The molecule has 0 bridgehead atoms. The van der Waals surface area contributed by atoms with Gasteiger partial charge in [0.1, 0.15) is 0 Å². The van der Waals surface area contributed by atoms with E-state index < -0.39 is 0 Å². The highest BCUT2D eigenvalue weighted by Crippen LogP contribution is 2.21. The van der Waals surface area contributed by atoms with Crippen LogP contribution in [0.1, 0.15) is 65.1 Å². The van der Waals surface area contributed by atoms with Crippen molar-refractivity contribution in [1.29, 1.82) is 0 Å². The van der Waals surface area contributed by atoms with Crippen LogP contribution in [-0.4, -0.2) is 0 Å². The summed E-state index contributed by atoms with van der Waals surface area (Å²) in [5.74, 6) is 0.542. The van der Waals surface area contributed by atoms with E-state index in [0.29, 0.717) is 5.92 Å². The monoisotopic (exact) mass is 444 g/mol. The van der Waals surface area contributed by atoms with Crippen LogP contribution < -0.4 is 0 Å². The molecule has 0 unspecified atom stereocenters. The Hall–Kier alpha value is -3.38. The van der Waals surface area contributed by atoms with Gasteiger partial charge in [-0.15, -0.1) is 0 Å². The van der Waals surface area contributed by atoms with Crippen LogP contribution in [0, 0.1) is 0 Å². The van der Waals surface area contributed by atoms with Gasteiger partial charge in [-0.3, -0.25) is 0 Å². The molecule has 0 fully saturated rings. The lowest BCUT2D eigenvalue weighted by atomic mass is 9.93. The van der Waals surface area contributed by atoms with E-state index in [1.807, 2.05) is 0 Å². The first-order valence-electron chi connectivity index (χ1n) is 12.7. The van der Waals surface area contributed by atoms with Crippen molar-refractivity contribution in [3.05, 3.63) is 142 Å². The quantitative estimate of drug-likeness (QED) is 0.214. The Labute approximate surface area is 206 Å². The Morgan fingerprint density at radius 1 is 0.529 bits per heavy atom. The maximum absolute atomic E-state index is 2.31. The molecule has 0 N–H and O–H groups in total. The molecule has 0 aromatic heterocycles. The number of benzene rings is 4. The number of rotatable bonds is 10. The highest BCUT2D eigenvalue weighted by atomic mass is 14.1. The lowest BCUT2D eigenvalue weighted by molar-refractivity contribution is 0.758. The second kappa shape index (κ2) is 12.2. The number of hydrogen-bond acceptors (Lipinski definition) is 0. The molecule has 0 heterocycles. The van der Waals surface area contributed by atoms with E-state index in [2.05, 4.69) is 129 Å². The lowest BCUT2D eigenvalue weighted by Crippen LogP contribution is -1.99. The molecule has 0 aliphatic rings.